The fraction of sp³-hybridized carbons (Fsp3) is 0.464. The van der Waals surface area contributed by atoms with Crippen LogP contribution in [-0.4, -0.2) is 69.6 Å². The van der Waals surface area contributed by atoms with Gasteiger partial charge < -0.3 is 24.3 Å². The van der Waals surface area contributed by atoms with Gasteiger partial charge in [0.15, 0.2) is 33.9 Å². The zero-order valence-corrected chi connectivity index (χ0v) is 23.0. The maximum atomic E-state index is 13.1. The summed E-state index contributed by atoms with van der Waals surface area (Å²) in [6.07, 6.45) is 3.56. The summed E-state index contributed by atoms with van der Waals surface area (Å²) in [5, 5.41) is 3.50. The Morgan fingerprint density at radius 1 is 0.974 bits per heavy atom. The van der Waals surface area contributed by atoms with Crippen molar-refractivity contribution in [3.8, 4) is 23.0 Å². The number of benzene rings is 2. The zero-order valence-electron chi connectivity index (χ0n) is 22.2. The van der Waals surface area contributed by atoms with Crippen LogP contribution in [0.15, 0.2) is 24.3 Å². The first-order valence-corrected chi connectivity index (χ1v) is 13.6. The van der Waals surface area contributed by atoms with Gasteiger partial charge in [-0.15, -0.1) is 0 Å². The first kappa shape index (κ1) is 26.2. The number of hydrogen-bond acceptors (Lipinski definition) is 9. The van der Waals surface area contributed by atoms with Crippen LogP contribution in [-0.2, 0) is 11.2 Å². The first-order chi connectivity index (χ1) is 18.4. The molecule has 1 aromatic heterocycles. The van der Waals surface area contributed by atoms with E-state index in [1.54, 1.807) is 28.4 Å². The lowest BCUT2D eigenvalue weighted by Crippen LogP contribution is -2.39. The van der Waals surface area contributed by atoms with Gasteiger partial charge in [0.05, 0.1) is 45.2 Å². The highest BCUT2D eigenvalue weighted by Gasteiger charge is 2.34. The monoisotopic (exact) mass is 539 g/mol. The second-order valence-corrected chi connectivity index (χ2v) is 10.9. The van der Waals surface area contributed by atoms with Crippen molar-refractivity contribution in [2.24, 2.45) is 11.8 Å². The molecule has 1 aliphatic heterocycles. The first-order valence-electron chi connectivity index (χ1n) is 12.8. The van der Waals surface area contributed by atoms with Crippen LogP contribution in [0.2, 0.25) is 0 Å². The van der Waals surface area contributed by atoms with Crippen LogP contribution in [0.3, 0.4) is 0 Å². The summed E-state index contributed by atoms with van der Waals surface area (Å²) in [6, 6.07) is 7.43. The topological polar surface area (TPSA) is 99.2 Å². The minimum Gasteiger partial charge on any atom is -0.493 e. The predicted octanol–water partition coefficient (Wildman–Crippen LogP) is 4.43. The number of Topliss-reactive ketones (excluding diaryl/α,β-unsaturated/α-hetero) is 1. The summed E-state index contributed by atoms with van der Waals surface area (Å²) in [4.78, 5) is 32.5. The number of amides is 1. The number of anilines is 1. The number of fused-ring (bicyclic) bond motifs is 2. The Hall–Kier alpha value is -3.37. The lowest BCUT2D eigenvalue weighted by molar-refractivity contribution is -0.117. The summed E-state index contributed by atoms with van der Waals surface area (Å²) in [7, 11) is 6.38. The second kappa shape index (κ2) is 11.2. The molecule has 10 heteroatoms. The van der Waals surface area contributed by atoms with E-state index in [2.05, 4.69) is 15.2 Å². The normalized spacial score (nSPS) is 17.9. The van der Waals surface area contributed by atoms with Gasteiger partial charge in [0.2, 0.25) is 5.91 Å². The van der Waals surface area contributed by atoms with Gasteiger partial charge in [0, 0.05) is 23.6 Å². The van der Waals surface area contributed by atoms with Crippen LogP contribution >= 0.6 is 11.3 Å². The van der Waals surface area contributed by atoms with Crippen LogP contribution in [0.1, 0.15) is 35.2 Å². The molecule has 1 saturated heterocycles. The van der Waals surface area contributed by atoms with Gasteiger partial charge in [-0.2, -0.15) is 0 Å². The van der Waals surface area contributed by atoms with Crippen molar-refractivity contribution in [1.29, 1.82) is 0 Å². The third-order valence-corrected chi connectivity index (χ3v) is 8.48. The number of hydrogen-bond donors (Lipinski definition) is 1. The van der Waals surface area contributed by atoms with E-state index >= 15 is 0 Å². The van der Waals surface area contributed by atoms with Gasteiger partial charge in [-0.05, 0) is 62.4 Å². The van der Waals surface area contributed by atoms with E-state index in [0.29, 0.717) is 40.6 Å². The number of nitrogens with zero attached hydrogens (tertiary/aromatic N) is 2. The fourth-order valence-electron chi connectivity index (χ4n) is 5.54. The Kier molecular flexibility index (Phi) is 7.71. The van der Waals surface area contributed by atoms with Crippen LogP contribution in [0, 0.1) is 11.8 Å². The Bertz CT molecular complexity index is 1310. The number of aromatic nitrogens is 1. The minimum atomic E-state index is -0.0780. The van der Waals surface area contributed by atoms with Crippen molar-refractivity contribution in [3.63, 3.8) is 0 Å². The van der Waals surface area contributed by atoms with E-state index in [9.17, 15) is 9.59 Å². The van der Waals surface area contributed by atoms with Crippen LogP contribution in [0.4, 0.5) is 5.13 Å². The summed E-state index contributed by atoms with van der Waals surface area (Å²) in [5.74, 6) is 3.09. The number of nitrogens with one attached hydrogen (secondary N) is 1. The molecule has 0 spiro atoms. The predicted molar refractivity (Wildman–Crippen MR) is 146 cm³/mol. The highest BCUT2D eigenvalue weighted by atomic mass is 32.1. The fourth-order valence-corrected chi connectivity index (χ4v) is 6.43. The molecule has 1 atom stereocenters. The molecule has 202 valence electrons. The molecule has 0 radical (unpaired) electrons. The molecule has 2 aliphatic rings. The summed E-state index contributed by atoms with van der Waals surface area (Å²) in [5.41, 5.74) is 2.55. The Morgan fingerprint density at radius 3 is 2.29 bits per heavy atom. The molecule has 2 aromatic carbocycles. The molecule has 0 bridgehead atoms. The van der Waals surface area contributed by atoms with E-state index in [4.69, 9.17) is 18.9 Å². The number of methoxy groups -OCH3 is 4. The average molecular weight is 540 g/mol. The molecule has 1 N–H and O–H groups in total. The molecule has 5 rings (SSSR count). The molecule has 0 saturated carbocycles. The molecule has 3 aromatic rings. The van der Waals surface area contributed by atoms with E-state index in [0.717, 1.165) is 60.1 Å². The van der Waals surface area contributed by atoms with Gasteiger partial charge in [-0.1, -0.05) is 11.3 Å². The van der Waals surface area contributed by atoms with Crippen molar-refractivity contribution < 1.29 is 28.5 Å². The molecule has 1 amide bonds. The van der Waals surface area contributed by atoms with Gasteiger partial charge in [-0.3, -0.25) is 14.5 Å². The summed E-state index contributed by atoms with van der Waals surface area (Å²) < 4.78 is 22.4. The summed E-state index contributed by atoms with van der Waals surface area (Å²) >= 11 is 1.41. The molecule has 9 nitrogen and oxygen atoms in total. The number of rotatable bonds is 9. The molecular weight excluding hydrogens is 506 g/mol. The van der Waals surface area contributed by atoms with Gasteiger partial charge in [-0.25, -0.2) is 4.98 Å². The minimum absolute atomic E-state index is 0.00190. The quantitative estimate of drug-likeness (QED) is 0.427. The molecule has 2 heterocycles. The lowest BCUT2D eigenvalue weighted by atomic mass is 9.85. The maximum Gasteiger partial charge on any atom is 0.240 e. The summed E-state index contributed by atoms with van der Waals surface area (Å²) in [6.45, 7) is 1.99. The van der Waals surface area contributed by atoms with Gasteiger partial charge in [0.25, 0.3) is 0 Å². The standard InChI is InChI=1S/C28H33N3O6S/c1-34-21-11-17-10-18(27(33)19(17)12-22(21)35-2)9-16-5-7-31(8-6-16)15-26(32)30-28-29-20-13-23(36-3)24(37-4)14-25(20)38-28/h11-14,16,18H,5-10,15H2,1-4H3,(H,29,30,32). The highest BCUT2D eigenvalue weighted by molar-refractivity contribution is 7.22. The van der Waals surface area contributed by atoms with Gasteiger partial charge >= 0.3 is 0 Å². The van der Waals surface area contributed by atoms with E-state index in [1.165, 1.54) is 11.3 Å². The van der Waals surface area contributed by atoms with Crippen molar-refractivity contribution in [1.82, 2.24) is 9.88 Å². The number of likely N-dealkylation sites (tertiary alicyclic amines) is 1. The zero-order chi connectivity index (χ0) is 26.8. The third-order valence-electron chi connectivity index (χ3n) is 7.54. The second-order valence-electron chi connectivity index (χ2n) is 9.83. The van der Waals surface area contributed by atoms with Crippen LogP contribution < -0.4 is 24.3 Å². The molecular formula is C28H33N3O6S. The van der Waals surface area contributed by atoms with Crippen LogP contribution in [0.5, 0.6) is 23.0 Å². The number of carbonyl (C=O) groups is 2. The molecule has 1 fully saturated rings. The van der Waals surface area contributed by atoms with Crippen molar-refractivity contribution in [2.45, 2.75) is 25.7 Å². The van der Waals surface area contributed by atoms with Crippen LogP contribution in [0.25, 0.3) is 10.2 Å². The number of piperidine rings is 1. The Balaban J connectivity index is 1.12. The van der Waals surface area contributed by atoms with E-state index < -0.39 is 0 Å². The SMILES string of the molecule is COc1cc2c(cc1OC)C(=O)C(CC1CCN(CC(=O)Nc3nc4cc(OC)c(OC)cc4s3)CC1)C2. The van der Waals surface area contributed by atoms with Crippen molar-refractivity contribution in [2.75, 3.05) is 53.4 Å². The molecule has 38 heavy (non-hydrogen) atoms. The smallest absolute Gasteiger partial charge is 0.240 e. The Morgan fingerprint density at radius 2 is 1.61 bits per heavy atom. The van der Waals surface area contributed by atoms with Gasteiger partial charge in [0.1, 0.15) is 0 Å². The Labute approximate surface area is 226 Å². The van der Waals surface area contributed by atoms with Crippen molar-refractivity contribution in [3.05, 3.63) is 35.4 Å². The molecule has 1 unspecified atom stereocenters. The maximum absolute atomic E-state index is 13.1. The van der Waals surface area contributed by atoms with Crippen molar-refractivity contribution >= 4 is 38.4 Å². The number of ketones is 1. The number of ether oxygens (including phenoxy) is 4. The highest BCUT2D eigenvalue weighted by Crippen LogP contribution is 2.40. The number of thiazole rings is 1. The third kappa shape index (κ3) is 5.28. The number of carbonyl (C=O) groups excluding carboxylic acids is 2. The lowest BCUT2D eigenvalue weighted by Gasteiger charge is -2.32. The largest absolute Gasteiger partial charge is 0.493 e. The molecule has 1 aliphatic carbocycles. The van der Waals surface area contributed by atoms with E-state index in [1.807, 2.05) is 24.3 Å². The average Bonchev–Trinajstić information content (AvgIpc) is 3.46. The van der Waals surface area contributed by atoms with E-state index in [-0.39, 0.29) is 17.6 Å².